The average molecular weight is 322 g/mol. The van der Waals surface area contributed by atoms with E-state index < -0.39 is 0 Å². The molecule has 5 rings (SSSR count). The van der Waals surface area contributed by atoms with Crippen LogP contribution in [0.15, 0.2) is 48.8 Å². The lowest BCUT2D eigenvalue weighted by molar-refractivity contribution is 0.509. The Balaban J connectivity index is 1.76. The third-order valence-corrected chi connectivity index (χ3v) is 5.60. The molecule has 23 heavy (non-hydrogen) atoms. The van der Waals surface area contributed by atoms with Crippen LogP contribution in [-0.2, 0) is 5.41 Å². The van der Waals surface area contributed by atoms with E-state index in [4.69, 9.17) is 11.6 Å². The van der Waals surface area contributed by atoms with Gasteiger partial charge in [0.2, 0.25) is 0 Å². The molecule has 1 spiro atoms. The Morgan fingerprint density at radius 1 is 1.09 bits per heavy atom. The van der Waals surface area contributed by atoms with Crippen molar-refractivity contribution >= 4 is 28.3 Å². The summed E-state index contributed by atoms with van der Waals surface area (Å²) in [6.07, 6.45) is 10.4. The first kappa shape index (κ1) is 13.2. The van der Waals surface area contributed by atoms with E-state index in [1.807, 2.05) is 12.4 Å². The summed E-state index contributed by atoms with van der Waals surface area (Å²) in [6.45, 7) is 0.917. The van der Waals surface area contributed by atoms with Crippen molar-refractivity contribution < 1.29 is 0 Å². The standard InChI is InChI=1S/C19H16ClN3/c20-17-14(12-4-3-5-15-13(12)6-9-21-15)10-22-18-16(17)19(11-23-18)7-1-2-8-19/h1-6,9-10,21H,7-8,11H2,(H,22,23). The molecule has 1 aliphatic carbocycles. The number of fused-ring (bicyclic) bond motifs is 3. The number of rotatable bonds is 1. The molecule has 0 saturated carbocycles. The first-order valence-electron chi connectivity index (χ1n) is 7.93. The fourth-order valence-corrected chi connectivity index (χ4v) is 4.45. The highest BCUT2D eigenvalue weighted by molar-refractivity contribution is 6.35. The summed E-state index contributed by atoms with van der Waals surface area (Å²) in [5, 5.41) is 5.47. The van der Waals surface area contributed by atoms with E-state index >= 15 is 0 Å². The summed E-state index contributed by atoms with van der Waals surface area (Å²) in [5.74, 6) is 0.948. The quantitative estimate of drug-likeness (QED) is 0.626. The van der Waals surface area contributed by atoms with Crippen LogP contribution in [0.5, 0.6) is 0 Å². The van der Waals surface area contributed by atoms with Crippen molar-refractivity contribution in [2.24, 2.45) is 0 Å². The minimum absolute atomic E-state index is 0.0848. The predicted octanol–water partition coefficient (Wildman–Crippen LogP) is 4.90. The van der Waals surface area contributed by atoms with E-state index in [2.05, 4.69) is 51.7 Å². The highest BCUT2D eigenvalue weighted by atomic mass is 35.5. The van der Waals surface area contributed by atoms with Gasteiger partial charge in [-0.3, -0.25) is 0 Å². The van der Waals surface area contributed by atoms with Gasteiger partial charge >= 0.3 is 0 Å². The summed E-state index contributed by atoms with van der Waals surface area (Å²) in [7, 11) is 0. The number of H-pyrrole nitrogens is 1. The van der Waals surface area contributed by atoms with Crippen LogP contribution in [0.4, 0.5) is 5.82 Å². The maximum atomic E-state index is 6.91. The van der Waals surface area contributed by atoms with Crippen LogP contribution in [0.1, 0.15) is 18.4 Å². The summed E-state index contributed by atoms with van der Waals surface area (Å²) >= 11 is 6.91. The van der Waals surface area contributed by atoms with Crippen LogP contribution in [0.3, 0.4) is 0 Å². The van der Waals surface area contributed by atoms with Gasteiger partial charge < -0.3 is 10.3 Å². The molecular weight excluding hydrogens is 306 g/mol. The fourth-order valence-electron chi connectivity index (χ4n) is 4.01. The Kier molecular flexibility index (Phi) is 2.65. The number of aromatic nitrogens is 2. The highest BCUT2D eigenvalue weighted by Gasteiger charge is 2.42. The van der Waals surface area contributed by atoms with Gasteiger partial charge in [0.1, 0.15) is 5.82 Å². The Morgan fingerprint density at radius 2 is 1.96 bits per heavy atom. The maximum absolute atomic E-state index is 6.91. The zero-order chi connectivity index (χ0) is 15.4. The van der Waals surface area contributed by atoms with E-state index in [-0.39, 0.29) is 5.41 Å². The van der Waals surface area contributed by atoms with Crippen molar-refractivity contribution in [1.82, 2.24) is 9.97 Å². The van der Waals surface area contributed by atoms with Gasteiger partial charge in [0.15, 0.2) is 0 Å². The van der Waals surface area contributed by atoms with Gasteiger partial charge in [0, 0.05) is 46.4 Å². The molecule has 0 fully saturated rings. The molecule has 114 valence electrons. The lowest BCUT2D eigenvalue weighted by atomic mass is 9.80. The Bertz CT molecular complexity index is 946. The zero-order valence-corrected chi connectivity index (χ0v) is 13.3. The molecule has 0 bridgehead atoms. The number of hydrogen-bond acceptors (Lipinski definition) is 2. The molecule has 3 heterocycles. The smallest absolute Gasteiger partial charge is 0.131 e. The van der Waals surface area contributed by atoms with Crippen LogP contribution in [0, 0.1) is 0 Å². The third-order valence-electron chi connectivity index (χ3n) is 5.21. The summed E-state index contributed by atoms with van der Waals surface area (Å²) in [5.41, 5.74) is 4.55. The normalized spacial score (nSPS) is 17.8. The molecule has 2 N–H and O–H groups in total. The molecular formula is C19H16ClN3. The molecule has 2 aromatic heterocycles. The Labute approximate surface area is 139 Å². The van der Waals surface area contributed by atoms with Gasteiger partial charge in [0.05, 0.1) is 5.02 Å². The zero-order valence-electron chi connectivity index (χ0n) is 12.6. The average Bonchev–Trinajstić information content (AvgIpc) is 3.29. The van der Waals surface area contributed by atoms with Crippen LogP contribution in [-0.4, -0.2) is 16.5 Å². The van der Waals surface area contributed by atoms with Crippen LogP contribution >= 0.6 is 11.6 Å². The van der Waals surface area contributed by atoms with Crippen LogP contribution in [0.2, 0.25) is 5.02 Å². The Hall–Kier alpha value is -2.26. The third kappa shape index (κ3) is 1.74. The van der Waals surface area contributed by atoms with Gasteiger partial charge in [-0.25, -0.2) is 4.98 Å². The fraction of sp³-hybridized carbons (Fsp3) is 0.211. The molecule has 2 aliphatic rings. The number of pyridine rings is 1. The summed E-state index contributed by atoms with van der Waals surface area (Å²) in [4.78, 5) is 7.94. The van der Waals surface area contributed by atoms with Crippen molar-refractivity contribution in [1.29, 1.82) is 0 Å². The van der Waals surface area contributed by atoms with Crippen molar-refractivity contribution in [3.05, 3.63) is 59.4 Å². The summed E-state index contributed by atoms with van der Waals surface area (Å²) < 4.78 is 0. The number of nitrogens with one attached hydrogen (secondary N) is 2. The number of hydrogen-bond donors (Lipinski definition) is 2. The van der Waals surface area contributed by atoms with Gasteiger partial charge in [0.25, 0.3) is 0 Å². The Morgan fingerprint density at radius 3 is 2.83 bits per heavy atom. The minimum Gasteiger partial charge on any atom is -0.369 e. The predicted molar refractivity (Wildman–Crippen MR) is 95.1 cm³/mol. The van der Waals surface area contributed by atoms with E-state index in [1.54, 1.807) is 0 Å². The van der Waals surface area contributed by atoms with Crippen LogP contribution < -0.4 is 5.32 Å². The van der Waals surface area contributed by atoms with Gasteiger partial charge in [-0.1, -0.05) is 35.9 Å². The van der Waals surface area contributed by atoms with Crippen molar-refractivity contribution in [2.75, 3.05) is 11.9 Å². The van der Waals surface area contributed by atoms with Gasteiger partial charge in [-0.05, 0) is 30.5 Å². The van der Waals surface area contributed by atoms with E-state index in [0.29, 0.717) is 0 Å². The molecule has 1 aliphatic heterocycles. The molecule has 0 radical (unpaired) electrons. The first-order chi connectivity index (χ1) is 11.3. The SMILES string of the molecule is Clc1c(-c2cccc3[nH]ccc23)cnc2c1C1(CC=CC1)CN2. The van der Waals surface area contributed by atoms with Gasteiger partial charge in [-0.15, -0.1) is 0 Å². The second-order valence-electron chi connectivity index (χ2n) is 6.47. The van der Waals surface area contributed by atoms with Crippen molar-refractivity contribution in [3.8, 4) is 11.1 Å². The van der Waals surface area contributed by atoms with Crippen LogP contribution in [0.25, 0.3) is 22.0 Å². The second kappa shape index (κ2) is 4.62. The minimum atomic E-state index is 0.0848. The number of allylic oxidation sites excluding steroid dienone is 2. The molecule has 0 amide bonds. The molecule has 0 atom stereocenters. The second-order valence-corrected chi connectivity index (χ2v) is 6.85. The monoisotopic (exact) mass is 321 g/mol. The molecule has 1 aromatic carbocycles. The topological polar surface area (TPSA) is 40.7 Å². The van der Waals surface area contributed by atoms with E-state index in [9.17, 15) is 0 Å². The number of nitrogens with zero attached hydrogens (tertiary/aromatic N) is 1. The molecule has 0 saturated heterocycles. The van der Waals surface area contributed by atoms with E-state index in [1.165, 1.54) is 10.9 Å². The first-order valence-corrected chi connectivity index (χ1v) is 8.31. The summed E-state index contributed by atoms with van der Waals surface area (Å²) in [6, 6.07) is 8.35. The maximum Gasteiger partial charge on any atom is 0.131 e. The molecule has 3 aromatic rings. The van der Waals surface area contributed by atoms with Gasteiger partial charge in [-0.2, -0.15) is 0 Å². The number of halogens is 1. The number of benzene rings is 1. The van der Waals surface area contributed by atoms with E-state index in [0.717, 1.165) is 46.9 Å². The highest BCUT2D eigenvalue weighted by Crippen LogP contribution is 2.50. The number of anilines is 1. The number of aromatic amines is 1. The van der Waals surface area contributed by atoms with Crippen molar-refractivity contribution in [2.45, 2.75) is 18.3 Å². The molecule has 4 heteroatoms. The molecule has 3 nitrogen and oxygen atoms in total. The lowest BCUT2D eigenvalue weighted by Crippen LogP contribution is -2.25. The molecule has 0 unspecified atom stereocenters. The lowest BCUT2D eigenvalue weighted by Gasteiger charge is -2.24. The van der Waals surface area contributed by atoms with Crippen molar-refractivity contribution in [3.63, 3.8) is 0 Å². The largest absolute Gasteiger partial charge is 0.369 e.